The van der Waals surface area contributed by atoms with Gasteiger partial charge in [0.2, 0.25) is 5.96 Å². The Bertz CT molecular complexity index is 774. The summed E-state index contributed by atoms with van der Waals surface area (Å²) in [5, 5.41) is 11.7. The van der Waals surface area contributed by atoms with E-state index < -0.39 is 0 Å². The molecule has 5 nitrogen and oxygen atoms in total. The molecule has 0 unspecified atom stereocenters. The van der Waals surface area contributed by atoms with E-state index in [1.807, 2.05) is 30.3 Å². The molecule has 21 heavy (non-hydrogen) atoms. The van der Waals surface area contributed by atoms with E-state index in [1.165, 1.54) is 11.3 Å². The Hall–Kier alpha value is -2.01. The van der Waals surface area contributed by atoms with Crippen LogP contribution in [0.1, 0.15) is 17.7 Å². The third kappa shape index (κ3) is 2.08. The summed E-state index contributed by atoms with van der Waals surface area (Å²) in [6.07, 6.45) is 1.94. The smallest absolute Gasteiger partial charge is 0.214 e. The highest BCUT2D eigenvalue weighted by Crippen LogP contribution is 2.32. The number of hydrazone groups is 1. The van der Waals surface area contributed by atoms with Gasteiger partial charge in [-0.2, -0.15) is 5.10 Å². The van der Waals surface area contributed by atoms with E-state index in [1.54, 1.807) is 0 Å². The van der Waals surface area contributed by atoms with Crippen LogP contribution in [-0.2, 0) is 6.42 Å². The van der Waals surface area contributed by atoms with Crippen molar-refractivity contribution >= 4 is 34.2 Å². The van der Waals surface area contributed by atoms with Crippen LogP contribution in [0.5, 0.6) is 0 Å². The molecule has 2 N–H and O–H groups in total. The number of hydrogen-bond donors (Lipinski definition) is 2. The van der Waals surface area contributed by atoms with Crippen molar-refractivity contribution in [2.45, 2.75) is 12.8 Å². The number of aromatic amines is 1. The second-order valence-corrected chi connectivity index (χ2v) is 5.81. The van der Waals surface area contributed by atoms with Gasteiger partial charge in [-0.3, -0.25) is 0 Å². The van der Waals surface area contributed by atoms with Crippen molar-refractivity contribution in [3.05, 3.63) is 34.5 Å². The number of rotatable bonds is 1. The predicted octanol–water partition coefficient (Wildman–Crippen LogP) is 2.36. The van der Waals surface area contributed by atoms with Crippen molar-refractivity contribution in [2.75, 3.05) is 20.1 Å². The summed E-state index contributed by atoms with van der Waals surface area (Å²) >= 11 is 6.14. The normalized spacial score (nSPS) is 19.0. The maximum Gasteiger partial charge on any atom is 0.214 e. The maximum absolute atomic E-state index is 6.14. The van der Waals surface area contributed by atoms with Crippen molar-refractivity contribution in [3.63, 3.8) is 0 Å². The summed E-state index contributed by atoms with van der Waals surface area (Å²) in [5.41, 5.74) is 4.67. The molecule has 6 heteroatoms. The molecule has 0 bridgehead atoms. The molecule has 0 atom stereocenters. The fourth-order valence-electron chi connectivity index (χ4n) is 3.04. The largest absolute Gasteiger partial charge is 0.358 e. The summed E-state index contributed by atoms with van der Waals surface area (Å²) in [4.78, 5) is 7.87. The molecule has 0 spiro atoms. The SMILES string of the molecule is CN(/N=C1\CCc2[nH]c3ccc(Cl)cc3c21)C1=NCCN1. The zero-order valence-electron chi connectivity index (χ0n) is 11.8. The number of aryl methyl sites for hydroxylation is 1. The lowest BCUT2D eigenvalue weighted by Gasteiger charge is -2.14. The van der Waals surface area contributed by atoms with Gasteiger partial charge in [0.05, 0.1) is 12.3 Å². The second-order valence-electron chi connectivity index (χ2n) is 5.37. The van der Waals surface area contributed by atoms with Gasteiger partial charge in [-0.15, -0.1) is 0 Å². The molecular weight excluding hydrogens is 286 g/mol. The highest BCUT2D eigenvalue weighted by molar-refractivity contribution is 6.31. The summed E-state index contributed by atoms with van der Waals surface area (Å²) in [6.45, 7) is 1.71. The monoisotopic (exact) mass is 301 g/mol. The van der Waals surface area contributed by atoms with Gasteiger partial charge in [-0.1, -0.05) is 11.6 Å². The minimum atomic E-state index is 0.755. The lowest BCUT2D eigenvalue weighted by molar-refractivity contribution is 0.526. The number of guanidine groups is 1. The van der Waals surface area contributed by atoms with Crippen LogP contribution in [0.15, 0.2) is 28.3 Å². The summed E-state index contributed by atoms with van der Waals surface area (Å²) in [6, 6.07) is 5.95. The van der Waals surface area contributed by atoms with E-state index in [0.717, 1.165) is 53.5 Å². The molecule has 2 aromatic rings. The van der Waals surface area contributed by atoms with Crippen molar-refractivity contribution in [3.8, 4) is 0 Å². The Labute approximate surface area is 127 Å². The first kappa shape index (κ1) is 12.7. The topological polar surface area (TPSA) is 55.8 Å². The number of nitrogens with zero attached hydrogens (tertiary/aromatic N) is 3. The van der Waals surface area contributed by atoms with E-state index in [2.05, 4.69) is 15.3 Å². The highest BCUT2D eigenvalue weighted by Gasteiger charge is 2.24. The van der Waals surface area contributed by atoms with Gasteiger partial charge < -0.3 is 10.3 Å². The molecule has 0 saturated heterocycles. The van der Waals surface area contributed by atoms with E-state index in [0.29, 0.717) is 0 Å². The molecule has 1 aromatic heterocycles. The van der Waals surface area contributed by atoms with Crippen LogP contribution in [-0.4, -0.2) is 41.8 Å². The van der Waals surface area contributed by atoms with Crippen LogP contribution < -0.4 is 5.32 Å². The number of hydrogen-bond acceptors (Lipinski definition) is 4. The quantitative estimate of drug-likeness (QED) is 0.795. The number of H-pyrrole nitrogens is 1. The fourth-order valence-corrected chi connectivity index (χ4v) is 3.21. The van der Waals surface area contributed by atoms with Crippen LogP contribution in [0.4, 0.5) is 0 Å². The number of benzene rings is 1. The van der Waals surface area contributed by atoms with Crippen molar-refractivity contribution in [2.24, 2.45) is 10.1 Å². The standard InChI is InChI=1S/C15H16ClN5/c1-21(15-17-6-7-18-15)20-13-5-4-12-14(13)10-8-9(16)2-3-11(10)19-12/h2-3,8,19H,4-7H2,1H3,(H,17,18)/b20-13+. The van der Waals surface area contributed by atoms with E-state index in [4.69, 9.17) is 16.7 Å². The first-order valence-corrected chi connectivity index (χ1v) is 7.50. The molecule has 1 aliphatic carbocycles. The van der Waals surface area contributed by atoms with E-state index in [-0.39, 0.29) is 0 Å². The molecule has 2 heterocycles. The van der Waals surface area contributed by atoms with Crippen LogP contribution in [0, 0.1) is 0 Å². The first-order chi connectivity index (χ1) is 10.2. The van der Waals surface area contributed by atoms with E-state index in [9.17, 15) is 0 Å². The van der Waals surface area contributed by atoms with Gasteiger partial charge >= 0.3 is 0 Å². The molecule has 0 radical (unpaired) electrons. The maximum atomic E-state index is 6.14. The van der Waals surface area contributed by atoms with Crippen LogP contribution in [0.2, 0.25) is 5.02 Å². The number of nitrogens with one attached hydrogen (secondary N) is 2. The van der Waals surface area contributed by atoms with Gasteiger partial charge in [0.15, 0.2) is 0 Å². The van der Waals surface area contributed by atoms with Gasteiger partial charge in [0.25, 0.3) is 0 Å². The van der Waals surface area contributed by atoms with Crippen LogP contribution in [0.3, 0.4) is 0 Å². The molecule has 1 aromatic carbocycles. The minimum Gasteiger partial charge on any atom is -0.358 e. The summed E-state index contributed by atoms with van der Waals surface area (Å²) < 4.78 is 0. The van der Waals surface area contributed by atoms with Crippen LogP contribution in [0.25, 0.3) is 10.9 Å². The molecular formula is C15H16ClN5. The van der Waals surface area contributed by atoms with Gasteiger partial charge in [-0.25, -0.2) is 10.0 Å². The average molecular weight is 302 g/mol. The number of aliphatic imine (C=N–C) groups is 1. The zero-order valence-corrected chi connectivity index (χ0v) is 12.5. The summed E-state index contributed by atoms with van der Waals surface area (Å²) in [5.74, 6) is 0.842. The molecule has 4 rings (SSSR count). The first-order valence-electron chi connectivity index (χ1n) is 7.12. The molecule has 0 fully saturated rings. The number of aromatic nitrogens is 1. The molecule has 0 saturated carbocycles. The van der Waals surface area contributed by atoms with E-state index >= 15 is 0 Å². The number of halogens is 1. The molecule has 2 aliphatic rings. The van der Waals surface area contributed by atoms with Gasteiger partial charge in [0.1, 0.15) is 0 Å². The molecule has 108 valence electrons. The third-order valence-corrected chi connectivity index (χ3v) is 4.21. The Morgan fingerprint density at radius 2 is 2.24 bits per heavy atom. The highest BCUT2D eigenvalue weighted by atomic mass is 35.5. The molecule has 0 amide bonds. The number of fused-ring (bicyclic) bond motifs is 3. The van der Waals surface area contributed by atoms with Crippen molar-refractivity contribution in [1.29, 1.82) is 0 Å². The van der Waals surface area contributed by atoms with Crippen molar-refractivity contribution < 1.29 is 0 Å². The Morgan fingerprint density at radius 1 is 1.33 bits per heavy atom. The third-order valence-electron chi connectivity index (χ3n) is 3.97. The predicted molar refractivity (Wildman–Crippen MR) is 86.2 cm³/mol. The lowest BCUT2D eigenvalue weighted by Crippen LogP contribution is -2.32. The van der Waals surface area contributed by atoms with Gasteiger partial charge in [-0.05, 0) is 31.0 Å². The average Bonchev–Trinajstić information content (AvgIpc) is 3.16. The zero-order chi connectivity index (χ0) is 14.4. The Balaban J connectivity index is 1.78. The lowest BCUT2D eigenvalue weighted by atomic mass is 10.1. The second kappa shape index (κ2) is 4.77. The Kier molecular flexibility index (Phi) is 2.89. The minimum absolute atomic E-state index is 0.755. The fraction of sp³-hybridized carbons (Fsp3) is 0.333. The van der Waals surface area contributed by atoms with Crippen LogP contribution >= 0.6 is 11.6 Å². The van der Waals surface area contributed by atoms with Crippen molar-refractivity contribution in [1.82, 2.24) is 15.3 Å². The Morgan fingerprint density at radius 3 is 3.05 bits per heavy atom. The van der Waals surface area contributed by atoms with Gasteiger partial charge in [0, 0.05) is 40.8 Å². The summed E-state index contributed by atoms with van der Waals surface area (Å²) in [7, 11) is 1.93. The molecule has 1 aliphatic heterocycles.